The minimum Gasteiger partial charge on any atom is -0.480 e. The zero-order valence-electron chi connectivity index (χ0n) is 12.5. The average Bonchev–Trinajstić information content (AvgIpc) is 3.04. The Morgan fingerprint density at radius 2 is 1.90 bits per heavy atom. The normalized spacial score (nSPS) is 42.8. The van der Waals surface area contributed by atoms with Crippen molar-refractivity contribution in [1.82, 2.24) is 10.2 Å². The number of carboxylic acid groups (broad SMARTS) is 1. The van der Waals surface area contributed by atoms with Gasteiger partial charge in [-0.05, 0) is 46.0 Å². The van der Waals surface area contributed by atoms with Crippen molar-refractivity contribution in [2.45, 2.75) is 75.8 Å². The SMILES string of the molecule is CC1CN(C2CCC(NC3CC3)(C(=O)O)C2)CC(C)O1. The highest BCUT2D eigenvalue weighted by molar-refractivity contribution is 5.79. The Hall–Kier alpha value is -0.650. The molecule has 0 aromatic heterocycles. The Balaban J connectivity index is 1.66. The van der Waals surface area contributed by atoms with Crippen LogP contribution < -0.4 is 5.32 Å². The molecule has 1 heterocycles. The molecule has 0 radical (unpaired) electrons. The topological polar surface area (TPSA) is 61.8 Å². The van der Waals surface area contributed by atoms with Gasteiger partial charge in [0.05, 0.1) is 12.2 Å². The summed E-state index contributed by atoms with van der Waals surface area (Å²) < 4.78 is 5.78. The van der Waals surface area contributed by atoms with E-state index in [4.69, 9.17) is 4.74 Å². The highest BCUT2D eigenvalue weighted by atomic mass is 16.5. The van der Waals surface area contributed by atoms with Crippen LogP contribution >= 0.6 is 0 Å². The van der Waals surface area contributed by atoms with E-state index in [0.717, 1.165) is 45.2 Å². The van der Waals surface area contributed by atoms with E-state index in [1.165, 1.54) is 0 Å². The molecule has 0 aromatic carbocycles. The molecule has 114 valence electrons. The molecular weight excluding hydrogens is 256 g/mol. The predicted octanol–water partition coefficient (Wildman–Crippen LogP) is 1.22. The van der Waals surface area contributed by atoms with Gasteiger partial charge in [0.25, 0.3) is 0 Å². The lowest BCUT2D eigenvalue weighted by atomic mass is 9.96. The van der Waals surface area contributed by atoms with E-state index >= 15 is 0 Å². The van der Waals surface area contributed by atoms with E-state index in [9.17, 15) is 9.90 Å². The van der Waals surface area contributed by atoms with Gasteiger partial charge in [0, 0.05) is 25.2 Å². The molecule has 5 heteroatoms. The fourth-order valence-electron chi connectivity index (χ4n) is 3.85. The molecule has 4 atom stereocenters. The molecule has 20 heavy (non-hydrogen) atoms. The first-order valence-electron chi connectivity index (χ1n) is 7.89. The number of nitrogens with one attached hydrogen (secondary N) is 1. The fourth-order valence-corrected chi connectivity index (χ4v) is 3.85. The van der Waals surface area contributed by atoms with Crippen LogP contribution in [0.2, 0.25) is 0 Å². The van der Waals surface area contributed by atoms with Crippen molar-refractivity contribution in [2.75, 3.05) is 13.1 Å². The molecule has 2 N–H and O–H groups in total. The van der Waals surface area contributed by atoms with Gasteiger partial charge in [0.15, 0.2) is 0 Å². The van der Waals surface area contributed by atoms with E-state index in [-0.39, 0.29) is 12.2 Å². The molecular formula is C15H26N2O3. The number of hydrogen-bond acceptors (Lipinski definition) is 4. The zero-order valence-corrected chi connectivity index (χ0v) is 12.5. The van der Waals surface area contributed by atoms with Gasteiger partial charge in [0.1, 0.15) is 5.54 Å². The molecule has 0 amide bonds. The molecule has 2 aliphatic carbocycles. The maximum Gasteiger partial charge on any atom is 0.323 e. The molecule has 0 bridgehead atoms. The highest BCUT2D eigenvalue weighted by Gasteiger charge is 2.49. The van der Waals surface area contributed by atoms with Gasteiger partial charge in [-0.2, -0.15) is 0 Å². The highest BCUT2D eigenvalue weighted by Crippen LogP contribution is 2.37. The van der Waals surface area contributed by atoms with Gasteiger partial charge in [-0.25, -0.2) is 0 Å². The third-order valence-corrected chi connectivity index (χ3v) is 4.92. The summed E-state index contributed by atoms with van der Waals surface area (Å²) in [6.45, 7) is 6.05. The van der Waals surface area contributed by atoms with Crippen molar-refractivity contribution in [2.24, 2.45) is 0 Å². The lowest BCUT2D eigenvalue weighted by molar-refractivity contribution is -0.145. The lowest BCUT2D eigenvalue weighted by Gasteiger charge is -2.39. The van der Waals surface area contributed by atoms with E-state index in [0.29, 0.717) is 12.1 Å². The molecule has 1 saturated heterocycles. The van der Waals surface area contributed by atoms with Crippen molar-refractivity contribution < 1.29 is 14.6 Å². The van der Waals surface area contributed by atoms with E-state index in [1.54, 1.807) is 0 Å². The maximum atomic E-state index is 11.7. The molecule has 4 unspecified atom stereocenters. The van der Waals surface area contributed by atoms with Gasteiger partial charge in [-0.1, -0.05) is 0 Å². The Kier molecular flexibility index (Phi) is 3.77. The lowest BCUT2D eigenvalue weighted by Crippen LogP contribution is -2.54. The molecule has 5 nitrogen and oxygen atoms in total. The van der Waals surface area contributed by atoms with Crippen LogP contribution in [0.4, 0.5) is 0 Å². The summed E-state index contributed by atoms with van der Waals surface area (Å²) in [6, 6.07) is 0.818. The van der Waals surface area contributed by atoms with Crippen molar-refractivity contribution in [3.05, 3.63) is 0 Å². The number of aliphatic carboxylic acids is 1. The van der Waals surface area contributed by atoms with Crippen molar-refractivity contribution in [3.63, 3.8) is 0 Å². The van der Waals surface area contributed by atoms with Crippen LogP contribution in [0.25, 0.3) is 0 Å². The Labute approximate surface area is 120 Å². The standard InChI is InChI=1S/C15H26N2O3/c1-10-8-17(9-11(2)20-10)13-5-6-15(7-13,14(18)19)16-12-3-4-12/h10-13,16H,3-9H2,1-2H3,(H,18,19). The van der Waals surface area contributed by atoms with Crippen molar-refractivity contribution in [1.29, 1.82) is 0 Å². The number of nitrogens with zero attached hydrogens (tertiary/aromatic N) is 1. The maximum absolute atomic E-state index is 11.7. The molecule has 3 rings (SSSR count). The van der Waals surface area contributed by atoms with Gasteiger partial charge >= 0.3 is 5.97 Å². The summed E-state index contributed by atoms with van der Waals surface area (Å²) in [5, 5.41) is 13.1. The summed E-state index contributed by atoms with van der Waals surface area (Å²) in [7, 11) is 0. The summed E-state index contributed by atoms with van der Waals surface area (Å²) in [5.74, 6) is -0.666. The summed E-state index contributed by atoms with van der Waals surface area (Å²) in [4.78, 5) is 14.2. The third-order valence-electron chi connectivity index (χ3n) is 4.92. The molecule has 1 aliphatic heterocycles. The fraction of sp³-hybridized carbons (Fsp3) is 0.933. The zero-order chi connectivity index (χ0) is 14.3. The van der Waals surface area contributed by atoms with Gasteiger partial charge in [0.2, 0.25) is 0 Å². The first-order valence-corrected chi connectivity index (χ1v) is 7.89. The minimum atomic E-state index is -0.684. The first kappa shape index (κ1) is 14.3. The third kappa shape index (κ3) is 2.85. The second-order valence-corrected chi connectivity index (χ2v) is 6.91. The number of ether oxygens (including phenoxy) is 1. The van der Waals surface area contributed by atoms with Crippen LogP contribution in [0.5, 0.6) is 0 Å². The Morgan fingerprint density at radius 3 is 2.45 bits per heavy atom. The van der Waals surface area contributed by atoms with Crippen molar-refractivity contribution >= 4 is 5.97 Å². The monoisotopic (exact) mass is 282 g/mol. The number of morpholine rings is 1. The quantitative estimate of drug-likeness (QED) is 0.812. The second kappa shape index (κ2) is 5.28. The van der Waals surface area contributed by atoms with Crippen LogP contribution in [0, 0.1) is 0 Å². The predicted molar refractivity (Wildman–Crippen MR) is 75.7 cm³/mol. The molecule has 3 fully saturated rings. The number of carboxylic acids is 1. The molecule has 3 aliphatic rings. The van der Waals surface area contributed by atoms with Crippen LogP contribution in [-0.4, -0.2) is 58.9 Å². The number of rotatable bonds is 4. The Bertz CT molecular complexity index is 375. The minimum absolute atomic E-state index is 0.245. The van der Waals surface area contributed by atoms with E-state index in [1.807, 2.05) is 0 Å². The molecule has 0 aromatic rings. The smallest absolute Gasteiger partial charge is 0.323 e. The van der Waals surface area contributed by atoms with Crippen LogP contribution in [0.1, 0.15) is 46.0 Å². The van der Waals surface area contributed by atoms with Gasteiger partial charge in [-0.3, -0.25) is 15.0 Å². The number of carbonyl (C=O) groups is 1. The average molecular weight is 282 g/mol. The van der Waals surface area contributed by atoms with Crippen molar-refractivity contribution in [3.8, 4) is 0 Å². The summed E-state index contributed by atoms with van der Waals surface area (Å²) in [5.41, 5.74) is -0.684. The van der Waals surface area contributed by atoms with E-state index in [2.05, 4.69) is 24.1 Å². The van der Waals surface area contributed by atoms with Gasteiger partial charge < -0.3 is 9.84 Å². The Morgan fingerprint density at radius 1 is 1.25 bits per heavy atom. The van der Waals surface area contributed by atoms with Gasteiger partial charge in [-0.15, -0.1) is 0 Å². The number of hydrogen-bond donors (Lipinski definition) is 2. The molecule has 0 spiro atoms. The van der Waals surface area contributed by atoms with E-state index < -0.39 is 11.5 Å². The largest absolute Gasteiger partial charge is 0.480 e. The first-order chi connectivity index (χ1) is 9.48. The second-order valence-electron chi connectivity index (χ2n) is 6.91. The van der Waals surface area contributed by atoms with Crippen LogP contribution in [0.15, 0.2) is 0 Å². The van der Waals surface area contributed by atoms with Crippen LogP contribution in [-0.2, 0) is 9.53 Å². The molecule has 2 saturated carbocycles. The summed E-state index contributed by atoms with van der Waals surface area (Å²) >= 11 is 0. The summed E-state index contributed by atoms with van der Waals surface area (Å²) in [6.07, 6.45) is 5.22. The van der Waals surface area contributed by atoms with Crippen LogP contribution in [0.3, 0.4) is 0 Å².